The van der Waals surface area contributed by atoms with Gasteiger partial charge in [0.05, 0.1) is 11.7 Å². The van der Waals surface area contributed by atoms with Crippen LogP contribution in [0, 0.1) is 25.1 Å². The summed E-state index contributed by atoms with van der Waals surface area (Å²) in [5.74, 6) is 0.974. The zero-order valence-corrected chi connectivity index (χ0v) is 26.8. The van der Waals surface area contributed by atoms with Crippen LogP contribution in [0.3, 0.4) is 0 Å². The number of aliphatic hydroxyl groups excluding tert-OH is 1. The molecule has 0 spiro atoms. The van der Waals surface area contributed by atoms with Crippen molar-refractivity contribution in [3.63, 3.8) is 0 Å². The third kappa shape index (κ3) is 7.68. The first-order valence-electron chi connectivity index (χ1n) is 15.2. The van der Waals surface area contributed by atoms with Gasteiger partial charge in [0, 0.05) is 48.5 Å². The highest BCUT2D eigenvalue weighted by molar-refractivity contribution is 5.82. The third-order valence-electron chi connectivity index (χ3n) is 8.46. The SMILES string of the molecule is Cc1cc(F)cc(C)c1Oc1ccc(C(C)(C)O)cc1-c1cn(C)c(=O)cc1OC1CCC(NC(=O)C(C)(C)CCO)CC1. The summed E-state index contributed by atoms with van der Waals surface area (Å²) in [5, 5.41) is 23.3. The number of ether oxygens (including phenoxy) is 2. The first-order valence-corrected chi connectivity index (χ1v) is 15.2. The Balaban J connectivity index is 1.66. The maximum atomic E-state index is 14.0. The van der Waals surface area contributed by atoms with Crippen LogP contribution in [-0.4, -0.2) is 39.4 Å². The summed E-state index contributed by atoms with van der Waals surface area (Å²) in [6.07, 6.45) is 4.72. The van der Waals surface area contributed by atoms with Crippen molar-refractivity contribution in [1.29, 1.82) is 0 Å². The fraction of sp³-hybridized carbons (Fsp3) is 0.486. The molecule has 0 atom stereocenters. The van der Waals surface area contributed by atoms with Gasteiger partial charge in [0.1, 0.15) is 23.1 Å². The van der Waals surface area contributed by atoms with Crippen LogP contribution in [-0.2, 0) is 17.4 Å². The summed E-state index contributed by atoms with van der Waals surface area (Å²) in [7, 11) is 1.66. The standard InChI is InChI=1S/C35H45FN2O6/c1-21-16-24(36)17-22(2)32(21)44-29-13-8-23(35(5,6)42)18-27(29)28-20-38(7)31(40)19-30(28)43-26-11-9-25(10-12-26)37-33(41)34(3,4)14-15-39/h8,13,16-20,25-26,39,42H,9-12,14-15H2,1-7H3,(H,37,41). The van der Waals surface area contributed by atoms with Crippen LogP contribution in [0.2, 0.25) is 0 Å². The zero-order valence-electron chi connectivity index (χ0n) is 26.8. The first kappa shape index (κ1) is 33.2. The van der Waals surface area contributed by atoms with Crippen molar-refractivity contribution >= 4 is 5.91 Å². The van der Waals surface area contributed by atoms with Gasteiger partial charge in [-0.2, -0.15) is 0 Å². The van der Waals surface area contributed by atoms with Crippen molar-refractivity contribution in [3.8, 4) is 28.4 Å². The molecule has 1 fully saturated rings. The minimum atomic E-state index is -1.15. The summed E-state index contributed by atoms with van der Waals surface area (Å²) in [6, 6.07) is 9.69. The fourth-order valence-electron chi connectivity index (χ4n) is 5.57. The van der Waals surface area contributed by atoms with Crippen LogP contribution in [0.5, 0.6) is 17.2 Å². The lowest BCUT2D eigenvalue weighted by molar-refractivity contribution is -0.131. The minimum Gasteiger partial charge on any atom is -0.490 e. The predicted octanol–water partition coefficient (Wildman–Crippen LogP) is 6.04. The van der Waals surface area contributed by atoms with E-state index in [0.717, 1.165) is 12.8 Å². The van der Waals surface area contributed by atoms with Crippen LogP contribution in [0.4, 0.5) is 4.39 Å². The van der Waals surface area contributed by atoms with Crippen molar-refractivity contribution in [2.45, 2.75) is 91.4 Å². The number of pyridine rings is 1. The van der Waals surface area contributed by atoms with E-state index >= 15 is 0 Å². The lowest BCUT2D eigenvalue weighted by atomic mass is 9.86. The maximum absolute atomic E-state index is 14.0. The molecule has 8 nitrogen and oxygen atoms in total. The summed E-state index contributed by atoms with van der Waals surface area (Å²) >= 11 is 0. The number of aliphatic hydroxyl groups is 2. The molecule has 0 saturated heterocycles. The highest BCUT2D eigenvalue weighted by Crippen LogP contribution is 2.42. The van der Waals surface area contributed by atoms with Gasteiger partial charge in [-0.25, -0.2) is 4.39 Å². The van der Waals surface area contributed by atoms with Gasteiger partial charge in [0.2, 0.25) is 5.91 Å². The number of aryl methyl sites for hydroxylation is 3. The van der Waals surface area contributed by atoms with Crippen molar-refractivity contribution in [1.82, 2.24) is 9.88 Å². The predicted molar refractivity (Wildman–Crippen MR) is 169 cm³/mol. The molecule has 238 valence electrons. The average Bonchev–Trinajstić information content (AvgIpc) is 2.93. The molecule has 1 saturated carbocycles. The number of rotatable bonds is 10. The van der Waals surface area contributed by atoms with Crippen LogP contribution in [0.25, 0.3) is 11.1 Å². The smallest absolute Gasteiger partial charge is 0.254 e. The minimum absolute atomic E-state index is 0.00842. The van der Waals surface area contributed by atoms with E-state index in [9.17, 15) is 24.2 Å². The Morgan fingerprint density at radius 2 is 1.64 bits per heavy atom. The molecule has 1 aromatic heterocycles. The van der Waals surface area contributed by atoms with E-state index < -0.39 is 11.0 Å². The van der Waals surface area contributed by atoms with Gasteiger partial charge in [-0.15, -0.1) is 0 Å². The second kappa shape index (κ2) is 13.1. The Labute approximate surface area is 258 Å². The van der Waals surface area contributed by atoms with Crippen molar-refractivity contribution in [3.05, 3.63) is 75.5 Å². The van der Waals surface area contributed by atoms with Gasteiger partial charge in [0.15, 0.2) is 0 Å². The molecule has 0 bridgehead atoms. The number of aromatic nitrogens is 1. The van der Waals surface area contributed by atoms with E-state index in [0.29, 0.717) is 64.3 Å². The lowest BCUT2D eigenvalue weighted by Gasteiger charge is -2.32. The van der Waals surface area contributed by atoms with Crippen molar-refractivity contribution in [2.75, 3.05) is 6.61 Å². The first-order chi connectivity index (χ1) is 20.6. The number of hydrogen-bond acceptors (Lipinski definition) is 6. The van der Waals surface area contributed by atoms with Crippen molar-refractivity contribution in [2.24, 2.45) is 12.5 Å². The van der Waals surface area contributed by atoms with Crippen molar-refractivity contribution < 1.29 is 28.9 Å². The largest absolute Gasteiger partial charge is 0.490 e. The molecule has 0 aliphatic heterocycles. The summed E-state index contributed by atoms with van der Waals surface area (Å²) in [6.45, 7) is 10.6. The molecule has 1 aliphatic carbocycles. The summed E-state index contributed by atoms with van der Waals surface area (Å²) < 4.78 is 28.4. The molecule has 1 aliphatic rings. The zero-order chi connectivity index (χ0) is 32.4. The lowest BCUT2D eigenvalue weighted by Crippen LogP contribution is -2.45. The van der Waals surface area contributed by atoms with E-state index in [4.69, 9.17) is 9.47 Å². The Morgan fingerprint density at radius 1 is 1.00 bits per heavy atom. The monoisotopic (exact) mass is 608 g/mol. The number of nitrogens with one attached hydrogen (secondary N) is 1. The van der Waals surface area contributed by atoms with Crippen LogP contribution >= 0.6 is 0 Å². The second-order valence-corrected chi connectivity index (χ2v) is 13.2. The van der Waals surface area contributed by atoms with Gasteiger partial charge >= 0.3 is 0 Å². The van der Waals surface area contributed by atoms with Gasteiger partial charge in [-0.3, -0.25) is 9.59 Å². The van der Waals surface area contributed by atoms with Gasteiger partial charge in [-0.1, -0.05) is 19.9 Å². The average molecular weight is 609 g/mol. The number of amides is 1. The molecule has 3 aromatic rings. The molecular weight excluding hydrogens is 563 g/mol. The Bertz CT molecular complexity index is 1540. The van der Waals surface area contributed by atoms with Crippen LogP contribution < -0.4 is 20.3 Å². The molecular formula is C35H45FN2O6. The van der Waals surface area contributed by atoms with Crippen LogP contribution in [0.15, 0.2) is 47.4 Å². The fourth-order valence-corrected chi connectivity index (χ4v) is 5.57. The van der Waals surface area contributed by atoms with Gasteiger partial charge < -0.3 is 29.6 Å². The van der Waals surface area contributed by atoms with Crippen LogP contribution in [0.1, 0.15) is 76.5 Å². The topological polar surface area (TPSA) is 110 Å². The quantitative estimate of drug-likeness (QED) is 0.259. The maximum Gasteiger partial charge on any atom is 0.254 e. The highest BCUT2D eigenvalue weighted by atomic mass is 19.1. The van der Waals surface area contributed by atoms with E-state index in [1.54, 1.807) is 53.1 Å². The number of carbonyl (C=O) groups excluding carboxylic acids is 1. The van der Waals surface area contributed by atoms with Gasteiger partial charge in [-0.05, 0) is 101 Å². The molecule has 9 heteroatoms. The number of hydrogen-bond donors (Lipinski definition) is 3. The molecule has 4 rings (SSSR count). The Kier molecular flexibility index (Phi) is 9.90. The number of benzene rings is 2. The molecule has 3 N–H and O–H groups in total. The molecule has 2 aromatic carbocycles. The van der Waals surface area contributed by atoms with Gasteiger partial charge in [0.25, 0.3) is 5.56 Å². The normalized spacial score (nSPS) is 17.3. The summed E-state index contributed by atoms with van der Waals surface area (Å²) in [4.78, 5) is 25.6. The third-order valence-corrected chi connectivity index (χ3v) is 8.46. The molecule has 1 amide bonds. The summed E-state index contributed by atoms with van der Waals surface area (Å²) in [5.41, 5.74) is 1.13. The van der Waals surface area contributed by atoms with E-state index in [2.05, 4.69) is 5.32 Å². The molecule has 0 unspecified atom stereocenters. The molecule has 1 heterocycles. The molecule has 0 radical (unpaired) electrons. The number of carbonyl (C=O) groups is 1. The molecule has 44 heavy (non-hydrogen) atoms. The van der Waals surface area contributed by atoms with E-state index in [-0.39, 0.29) is 36.0 Å². The number of halogens is 1. The highest BCUT2D eigenvalue weighted by Gasteiger charge is 2.31. The van der Waals surface area contributed by atoms with E-state index in [1.165, 1.54) is 22.8 Å². The van der Waals surface area contributed by atoms with E-state index in [1.807, 2.05) is 19.9 Å². The Morgan fingerprint density at radius 3 is 2.23 bits per heavy atom. The second-order valence-electron chi connectivity index (χ2n) is 13.2. The Hall–Kier alpha value is -3.69. The number of nitrogens with zero attached hydrogens (tertiary/aromatic N) is 1.